The van der Waals surface area contributed by atoms with Crippen LogP contribution in [0.4, 0.5) is 0 Å². The molecular formula is C23H22O5. The predicted molar refractivity (Wildman–Crippen MR) is 107 cm³/mol. The van der Waals surface area contributed by atoms with Crippen molar-refractivity contribution in [1.82, 2.24) is 0 Å². The molecule has 0 aliphatic heterocycles. The summed E-state index contributed by atoms with van der Waals surface area (Å²) in [7, 11) is 4.16. The molecule has 3 aromatic carbocycles. The fraction of sp³-hybridized carbons (Fsp3) is 0.217. The van der Waals surface area contributed by atoms with Crippen molar-refractivity contribution in [3.8, 4) is 16.9 Å². The van der Waals surface area contributed by atoms with Crippen molar-refractivity contribution in [2.75, 3.05) is 21.3 Å². The summed E-state index contributed by atoms with van der Waals surface area (Å²) in [5, 5.41) is 1.92. The van der Waals surface area contributed by atoms with E-state index in [1.807, 2.05) is 43.3 Å². The minimum Gasteiger partial charge on any atom is -0.496 e. The zero-order chi connectivity index (χ0) is 20.3. The van der Waals surface area contributed by atoms with Crippen LogP contribution in [-0.4, -0.2) is 33.3 Å². The average Bonchev–Trinajstić information content (AvgIpc) is 2.73. The number of ether oxygens (including phenoxy) is 3. The van der Waals surface area contributed by atoms with Gasteiger partial charge >= 0.3 is 11.9 Å². The molecule has 0 saturated carbocycles. The molecule has 144 valence electrons. The van der Waals surface area contributed by atoms with E-state index in [4.69, 9.17) is 14.2 Å². The first-order valence-corrected chi connectivity index (χ1v) is 8.83. The van der Waals surface area contributed by atoms with E-state index in [0.717, 1.165) is 33.2 Å². The Morgan fingerprint density at radius 1 is 0.750 bits per heavy atom. The third-order valence-corrected chi connectivity index (χ3v) is 4.80. The number of methoxy groups -OCH3 is 3. The molecule has 5 heteroatoms. The lowest BCUT2D eigenvalue weighted by molar-refractivity contribution is -0.154. The van der Waals surface area contributed by atoms with Crippen molar-refractivity contribution in [3.05, 3.63) is 65.7 Å². The summed E-state index contributed by atoms with van der Waals surface area (Å²) < 4.78 is 14.8. The third-order valence-electron chi connectivity index (χ3n) is 4.80. The molecule has 0 heterocycles. The second-order valence-electron chi connectivity index (χ2n) is 6.49. The van der Waals surface area contributed by atoms with E-state index in [1.165, 1.54) is 14.2 Å². The van der Waals surface area contributed by atoms with Crippen LogP contribution in [0.5, 0.6) is 5.75 Å². The monoisotopic (exact) mass is 378 g/mol. The van der Waals surface area contributed by atoms with E-state index in [9.17, 15) is 9.59 Å². The maximum absolute atomic E-state index is 12.0. The minimum absolute atomic E-state index is 0.541. The predicted octanol–water partition coefficient (Wildman–Crippen LogP) is 4.25. The van der Waals surface area contributed by atoms with Crippen molar-refractivity contribution in [3.63, 3.8) is 0 Å². The molecule has 0 atom stereocenters. The summed E-state index contributed by atoms with van der Waals surface area (Å²) in [5.74, 6) is -1.53. The number of benzene rings is 3. The molecule has 0 radical (unpaired) electrons. The van der Waals surface area contributed by atoms with Crippen LogP contribution in [0.3, 0.4) is 0 Å². The molecule has 3 aromatic rings. The molecule has 0 saturated heterocycles. The van der Waals surface area contributed by atoms with E-state index in [0.29, 0.717) is 5.56 Å². The summed E-state index contributed by atoms with van der Waals surface area (Å²) in [6.07, 6.45) is 0. The first-order chi connectivity index (χ1) is 13.5. The van der Waals surface area contributed by atoms with Crippen LogP contribution in [0.25, 0.3) is 21.9 Å². The van der Waals surface area contributed by atoms with Gasteiger partial charge < -0.3 is 14.2 Å². The number of carbonyl (C=O) groups is 2. The smallest absolute Gasteiger partial charge is 0.324 e. The number of fused-ring (bicyclic) bond motifs is 1. The number of esters is 2. The molecule has 0 aromatic heterocycles. The Labute approximate surface area is 163 Å². The minimum atomic E-state index is -1.09. The molecule has 0 aliphatic carbocycles. The van der Waals surface area contributed by atoms with Gasteiger partial charge in [0.2, 0.25) is 0 Å². The van der Waals surface area contributed by atoms with Crippen LogP contribution < -0.4 is 4.74 Å². The summed E-state index contributed by atoms with van der Waals surface area (Å²) in [6, 6.07) is 17.6. The molecule has 3 rings (SSSR count). The van der Waals surface area contributed by atoms with Gasteiger partial charge in [0, 0.05) is 0 Å². The van der Waals surface area contributed by atoms with Gasteiger partial charge in [-0.3, -0.25) is 9.59 Å². The lowest BCUT2D eigenvalue weighted by Gasteiger charge is -2.14. The molecule has 0 unspecified atom stereocenters. The Kier molecular flexibility index (Phi) is 5.64. The Bertz CT molecular complexity index is 1020. The Balaban J connectivity index is 2.01. The van der Waals surface area contributed by atoms with Crippen LogP contribution in [-0.2, 0) is 19.1 Å². The molecule has 0 aliphatic rings. The van der Waals surface area contributed by atoms with E-state index >= 15 is 0 Å². The first-order valence-electron chi connectivity index (χ1n) is 8.83. The van der Waals surface area contributed by atoms with Gasteiger partial charge in [-0.15, -0.1) is 0 Å². The highest BCUT2D eigenvalue weighted by Crippen LogP contribution is 2.30. The standard InChI is InChI=1S/C23H22O5/c1-14-11-15(9-10-20(14)26-2)16-5-6-18-13-19(8-7-17(18)12-16)21(22(24)27-3)23(25)28-4/h5-13,21H,1-4H3. The van der Waals surface area contributed by atoms with Crippen LogP contribution in [0.1, 0.15) is 17.0 Å². The first kappa shape index (κ1) is 19.4. The SMILES string of the molecule is COC(=O)C(C(=O)OC)c1ccc2cc(-c3ccc(OC)c(C)c3)ccc2c1. The van der Waals surface area contributed by atoms with Crippen molar-refractivity contribution >= 4 is 22.7 Å². The van der Waals surface area contributed by atoms with E-state index in [2.05, 4.69) is 12.1 Å². The lowest BCUT2D eigenvalue weighted by Crippen LogP contribution is -2.24. The average molecular weight is 378 g/mol. The molecule has 28 heavy (non-hydrogen) atoms. The zero-order valence-electron chi connectivity index (χ0n) is 16.3. The van der Waals surface area contributed by atoms with Gasteiger partial charge in [0.1, 0.15) is 5.75 Å². The van der Waals surface area contributed by atoms with Crippen LogP contribution in [0.15, 0.2) is 54.6 Å². The van der Waals surface area contributed by atoms with Crippen molar-refractivity contribution in [1.29, 1.82) is 0 Å². The van der Waals surface area contributed by atoms with Crippen molar-refractivity contribution in [2.24, 2.45) is 0 Å². The highest BCUT2D eigenvalue weighted by molar-refractivity contribution is 6.02. The van der Waals surface area contributed by atoms with E-state index in [1.54, 1.807) is 13.2 Å². The maximum Gasteiger partial charge on any atom is 0.324 e. The normalized spacial score (nSPS) is 10.8. The second-order valence-corrected chi connectivity index (χ2v) is 6.49. The van der Waals surface area contributed by atoms with Crippen molar-refractivity contribution < 1.29 is 23.8 Å². The largest absolute Gasteiger partial charge is 0.496 e. The molecule has 0 fully saturated rings. The number of hydrogen-bond acceptors (Lipinski definition) is 5. The van der Waals surface area contributed by atoms with E-state index in [-0.39, 0.29) is 0 Å². The lowest BCUT2D eigenvalue weighted by atomic mass is 9.94. The topological polar surface area (TPSA) is 61.8 Å². The van der Waals surface area contributed by atoms with Gasteiger partial charge in [0.15, 0.2) is 5.92 Å². The Morgan fingerprint density at radius 2 is 1.32 bits per heavy atom. The summed E-state index contributed by atoms with van der Waals surface area (Å²) in [4.78, 5) is 24.1. The molecule has 0 amide bonds. The number of aryl methyl sites for hydroxylation is 1. The van der Waals surface area contributed by atoms with Crippen LogP contribution in [0.2, 0.25) is 0 Å². The highest BCUT2D eigenvalue weighted by atomic mass is 16.5. The van der Waals surface area contributed by atoms with E-state index < -0.39 is 17.9 Å². The molecular weight excluding hydrogens is 356 g/mol. The fourth-order valence-corrected chi connectivity index (χ4v) is 3.29. The molecule has 0 spiro atoms. The highest BCUT2D eigenvalue weighted by Gasteiger charge is 2.30. The quantitative estimate of drug-likeness (QED) is 0.491. The van der Waals surface area contributed by atoms with Gasteiger partial charge in [0.25, 0.3) is 0 Å². The van der Waals surface area contributed by atoms with Crippen LogP contribution >= 0.6 is 0 Å². The maximum atomic E-state index is 12.0. The van der Waals surface area contributed by atoms with Gasteiger partial charge in [-0.05, 0) is 64.2 Å². The van der Waals surface area contributed by atoms with Gasteiger partial charge in [0.05, 0.1) is 21.3 Å². The third kappa shape index (κ3) is 3.69. The second kappa shape index (κ2) is 8.13. The number of hydrogen-bond donors (Lipinski definition) is 0. The summed E-state index contributed by atoms with van der Waals surface area (Å²) >= 11 is 0. The van der Waals surface area contributed by atoms with Crippen LogP contribution in [0, 0.1) is 6.92 Å². The Morgan fingerprint density at radius 3 is 1.93 bits per heavy atom. The Hall–Kier alpha value is -3.34. The summed E-state index contributed by atoms with van der Waals surface area (Å²) in [5.41, 5.74) is 3.77. The summed E-state index contributed by atoms with van der Waals surface area (Å²) in [6.45, 7) is 2.01. The number of rotatable bonds is 5. The van der Waals surface area contributed by atoms with Gasteiger partial charge in [-0.2, -0.15) is 0 Å². The molecule has 0 N–H and O–H groups in total. The zero-order valence-corrected chi connectivity index (χ0v) is 16.3. The number of carbonyl (C=O) groups excluding carboxylic acids is 2. The molecule has 0 bridgehead atoms. The van der Waals surface area contributed by atoms with Gasteiger partial charge in [-0.1, -0.05) is 30.3 Å². The van der Waals surface area contributed by atoms with Crippen molar-refractivity contribution in [2.45, 2.75) is 12.8 Å². The molecule has 5 nitrogen and oxygen atoms in total. The van der Waals surface area contributed by atoms with Gasteiger partial charge in [-0.25, -0.2) is 0 Å². The fourth-order valence-electron chi connectivity index (χ4n) is 3.29.